The average Bonchev–Trinajstić information content (AvgIpc) is 3.14. The molecule has 2 aromatic carbocycles. The number of esters is 1. The second kappa shape index (κ2) is 9.06. The van der Waals surface area contributed by atoms with Crippen LogP contribution in [0.5, 0.6) is 0 Å². The van der Waals surface area contributed by atoms with Crippen LogP contribution in [0.2, 0.25) is 0 Å². The molecule has 0 aliphatic heterocycles. The first-order valence-corrected chi connectivity index (χ1v) is 11.4. The van der Waals surface area contributed by atoms with Crippen molar-refractivity contribution in [3.63, 3.8) is 0 Å². The number of benzene rings is 2. The van der Waals surface area contributed by atoms with Gasteiger partial charge in [-0.1, -0.05) is 30.3 Å². The second-order valence-corrected chi connectivity index (χ2v) is 8.89. The van der Waals surface area contributed by atoms with E-state index in [2.05, 4.69) is 10.0 Å². The molecule has 1 aromatic heterocycles. The van der Waals surface area contributed by atoms with Crippen molar-refractivity contribution < 1.29 is 27.1 Å². The van der Waals surface area contributed by atoms with E-state index < -0.39 is 33.8 Å². The number of halogens is 1. The fourth-order valence-corrected chi connectivity index (χ4v) is 3.91. The summed E-state index contributed by atoms with van der Waals surface area (Å²) in [5.74, 6) is -1.96. The third-order valence-electron chi connectivity index (χ3n) is 3.82. The van der Waals surface area contributed by atoms with Gasteiger partial charge in [0.15, 0.2) is 0 Å². The molecular weight excluding hydrogens is 431 g/mol. The molecule has 0 aliphatic rings. The fraction of sp³-hybridized carbons (Fsp3) is 0.100. The zero-order chi connectivity index (χ0) is 21.7. The maximum Gasteiger partial charge on any atom is 0.351 e. The number of hydrogen-bond acceptors (Lipinski definition) is 6. The average molecular weight is 448 g/mol. The van der Waals surface area contributed by atoms with Gasteiger partial charge in [0.1, 0.15) is 10.7 Å². The predicted molar refractivity (Wildman–Crippen MR) is 112 cm³/mol. The number of ether oxygens (including phenoxy) is 1. The Bertz CT molecular complexity index is 1150. The van der Waals surface area contributed by atoms with Crippen LogP contribution in [0, 0.1) is 5.82 Å². The maximum absolute atomic E-state index is 13.1. The van der Waals surface area contributed by atoms with Crippen molar-refractivity contribution in [2.75, 3.05) is 16.3 Å². The Kier molecular flexibility index (Phi) is 6.48. The van der Waals surface area contributed by atoms with Gasteiger partial charge in [0.25, 0.3) is 5.91 Å². The molecule has 0 saturated heterocycles. The van der Waals surface area contributed by atoms with Crippen LogP contribution in [0.15, 0.2) is 66.0 Å². The zero-order valence-electron chi connectivity index (χ0n) is 15.7. The maximum atomic E-state index is 13.1. The summed E-state index contributed by atoms with van der Waals surface area (Å²) in [7, 11) is -3.61. The smallest absolute Gasteiger partial charge is 0.351 e. The molecule has 2 N–H and O–H groups in total. The minimum absolute atomic E-state index is 0.0101. The largest absolute Gasteiger partial charge is 0.443 e. The summed E-state index contributed by atoms with van der Waals surface area (Å²) in [5.41, 5.74) is 0.812. The number of thiophene rings is 1. The molecule has 1 amide bonds. The molecule has 30 heavy (non-hydrogen) atoms. The fourth-order valence-electron chi connectivity index (χ4n) is 2.55. The van der Waals surface area contributed by atoms with Crippen molar-refractivity contribution in [1.29, 1.82) is 0 Å². The van der Waals surface area contributed by atoms with Crippen LogP contribution in [-0.4, -0.2) is 26.6 Å². The number of sulfonamides is 1. The van der Waals surface area contributed by atoms with Gasteiger partial charge in [-0.3, -0.25) is 9.52 Å². The highest BCUT2D eigenvalue weighted by Gasteiger charge is 2.28. The van der Waals surface area contributed by atoms with Crippen LogP contribution in [0.25, 0.3) is 0 Å². The quantitative estimate of drug-likeness (QED) is 0.536. The van der Waals surface area contributed by atoms with E-state index >= 15 is 0 Å². The molecular formula is C20H17FN2O5S2. The third-order valence-corrected chi connectivity index (χ3v) is 5.31. The minimum atomic E-state index is -3.61. The van der Waals surface area contributed by atoms with Gasteiger partial charge in [-0.25, -0.2) is 17.6 Å². The van der Waals surface area contributed by atoms with Gasteiger partial charge in [0.2, 0.25) is 16.1 Å². The molecule has 1 unspecified atom stereocenters. The summed E-state index contributed by atoms with van der Waals surface area (Å²) in [6.45, 7) is 0. The molecule has 1 heterocycles. The first-order chi connectivity index (χ1) is 14.2. The molecule has 0 saturated carbocycles. The molecule has 0 bridgehead atoms. The van der Waals surface area contributed by atoms with Crippen molar-refractivity contribution in [2.45, 2.75) is 6.10 Å². The van der Waals surface area contributed by atoms with Gasteiger partial charge >= 0.3 is 5.97 Å². The zero-order valence-corrected chi connectivity index (χ0v) is 17.3. The number of carbonyl (C=O) groups is 2. The lowest BCUT2D eigenvalue weighted by atomic mass is 10.1. The Balaban J connectivity index is 1.85. The molecule has 0 radical (unpaired) electrons. The molecule has 7 nitrogen and oxygen atoms in total. The highest BCUT2D eigenvalue weighted by atomic mass is 32.2. The van der Waals surface area contributed by atoms with Gasteiger partial charge in [-0.15, -0.1) is 11.3 Å². The minimum Gasteiger partial charge on any atom is -0.443 e. The first kappa shape index (κ1) is 21.5. The first-order valence-electron chi connectivity index (χ1n) is 8.60. The number of amides is 1. The van der Waals surface area contributed by atoms with Crippen molar-refractivity contribution in [3.8, 4) is 0 Å². The molecule has 0 fully saturated rings. The third kappa shape index (κ3) is 5.65. The Morgan fingerprint density at radius 2 is 1.70 bits per heavy atom. The standard InChI is InChI=1S/C20H17FN2O5S2/c1-30(26,27)23-16-11-12-29-18(16)20(25)28-17(13-5-3-2-4-6-13)19(24)22-15-9-7-14(21)8-10-15/h2-12,17,23H,1H3,(H,22,24). The number of anilines is 2. The molecule has 10 heteroatoms. The molecule has 0 spiro atoms. The Labute approximate surface area is 176 Å². The second-order valence-electron chi connectivity index (χ2n) is 6.23. The van der Waals surface area contributed by atoms with Gasteiger partial charge in [0.05, 0.1) is 11.9 Å². The SMILES string of the molecule is CS(=O)(=O)Nc1ccsc1C(=O)OC(C(=O)Nc1ccc(F)cc1)c1ccccc1. The van der Waals surface area contributed by atoms with Crippen molar-refractivity contribution in [3.05, 3.63) is 82.3 Å². The van der Waals surface area contributed by atoms with E-state index in [4.69, 9.17) is 4.74 Å². The summed E-state index contributed by atoms with van der Waals surface area (Å²) in [6, 6.07) is 14.9. The van der Waals surface area contributed by atoms with Gasteiger partial charge in [0, 0.05) is 11.3 Å². The van der Waals surface area contributed by atoms with E-state index in [1.54, 1.807) is 30.3 Å². The predicted octanol–water partition coefficient (Wildman–Crippen LogP) is 3.80. The van der Waals surface area contributed by atoms with Crippen LogP contribution in [0.4, 0.5) is 15.8 Å². The summed E-state index contributed by atoms with van der Waals surface area (Å²) < 4.78 is 43.8. The van der Waals surface area contributed by atoms with Crippen molar-refractivity contribution >= 4 is 44.6 Å². The molecule has 156 valence electrons. The summed E-state index contributed by atoms with van der Waals surface area (Å²) in [4.78, 5) is 25.6. The number of carbonyl (C=O) groups excluding carboxylic acids is 2. The molecule has 1 atom stereocenters. The Morgan fingerprint density at radius 3 is 2.33 bits per heavy atom. The summed E-state index contributed by atoms with van der Waals surface area (Å²) >= 11 is 0.978. The highest BCUT2D eigenvalue weighted by Crippen LogP contribution is 2.28. The Morgan fingerprint density at radius 1 is 1.03 bits per heavy atom. The van der Waals surface area contributed by atoms with Crippen LogP contribution >= 0.6 is 11.3 Å². The van der Waals surface area contributed by atoms with Crippen LogP contribution in [0.3, 0.4) is 0 Å². The molecule has 0 aliphatic carbocycles. The summed E-state index contributed by atoms with van der Waals surface area (Å²) in [6.07, 6.45) is -0.347. The van der Waals surface area contributed by atoms with Crippen molar-refractivity contribution in [1.82, 2.24) is 0 Å². The highest BCUT2D eigenvalue weighted by molar-refractivity contribution is 7.92. The van der Waals surface area contributed by atoms with Crippen molar-refractivity contribution in [2.24, 2.45) is 0 Å². The lowest BCUT2D eigenvalue weighted by molar-refractivity contribution is -0.125. The lowest BCUT2D eigenvalue weighted by Crippen LogP contribution is -2.26. The number of nitrogens with one attached hydrogen (secondary N) is 2. The van der Waals surface area contributed by atoms with E-state index in [1.165, 1.54) is 35.7 Å². The van der Waals surface area contributed by atoms with Crippen LogP contribution in [0.1, 0.15) is 21.3 Å². The van der Waals surface area contributed by atoms with E-state index in [0.717, 1.165) is 17.6 Å². The number of hydrogen-bond donors (Lipinski definition) is 2. The Hall–Kier alpha value is -3.24. The molecule has 3 aromatic rings. The summed E-state index contributed by atoms with van der Waals surface area (Å²) in [5, 5.41) is 4.11. The van der Waals surface area contributed by atoms with Crippen LogP contribution in [-0.2, 0) is 19.6 Å². The lowest BCUT2D eigenvalue weighted by Gasteiger charge is -2.18. The van der Waals surface area contributed by atoms with Crippen LogP contribution < -0.4 is 10.0 Å². The van der Waals surface area contributed by atoms with E-state index in [1.807, 2.05) is 0 Å². The van der Waals surface area contributed by atoms with Gasteiger partial charge in [-0.2, -0.15) is 0 Å². The topological polar surface area (TPSA) is 102 Å². The van der Waals surface area contributed by atoms with Gasteiger partial charge < -0.3 is 10.1 Å². The van der Waals surface area contributed by atoms with Gasteiger partial charge in [-0.05, 0) is 35.7 Å². The normalized spacial score (nSPS) is 12.1. The van der Waals surface area contributed by atoms with E-state index in [0.29, 0.717) is 11.3 Å². The molecule has 3 rings (SSSR count). The number of rotatable bonds is 7. The van der Waals surface area contributed by atoms with E-state index in [9.17, 15) is 22.4 Å². The van der Waals surface area contributed by atoms with E-state index in [-0.39, 0.29) is 10.6 Å². The monoisotopic (exact) mass is 448 g/mol.